The highest BCUT2D eigenvalue weighted by molar-refractivity contribution is 5.98. The first-order chi connectivity index (χ1) is 15.1. The van der Waals surface area contributed by atoms with Gasteiger partial charge in [-0.2, -0.15) is 0 Å². The number of amides is 1. The lowest BCUT2D eigenvalue weighted by Gasteiger charge is -2.13. The minimum Gasteiger partial charge on any atom is -0.497 e. The van der Waals surface area contributed by atoms with Crippen molar-refractivity contribution < 1.29 is 19.1 Å². The smallest absolute Gasteiger partial charge is 0.220 e. The van der Waals surface area contributed by atoms with E-state index in [-0.39, 0.29) is 30.6 Å². The van der Waals surface area contributed by atoms with Crippen LogP contribution in [0, 0.1) is 0 Å². The fraction of sp³-hybridized carbons (Fsp3) is 0.250. The molecule has 3 aromatic rings. The zero-order valence-corrected chi connectivity index (χ0v) is 17.2. The van der Waals surface area contributed by atoms with Gasteiger partial charge in [0.15, 0.2) is 5.78 Å². The van der Waals surface area contributed by atoms with Crippen LogP contribution in [0.3, 0.4) is 0 Å². The number of para-hydroxylation sites is 1. The Labute approximate surface area is 180 Å². The molecule has 1 aliphatic heterocycles. The average molecular weight is 417 g/mol. The summed E-state index contributed by atoms with van der Waals surface area (Å²) >= 11 is 0. The monoisotopic (exact) mass is 417 g/mol. The van der Waals surface area contributed by atoms with E-state index in [9.17, 15) is 9.59 Å². The minimum atomic E-state index is -0.168. The van der Waals surface area contributed by atoms with Crippen LogP contribution in [0.15, 0.2) is 61.2 Å². The maximum Gasteiger partial charge on any atom is 0.220 e. The van der Waals surface area contributed by atoms with Crippen molar-refractivity contribution in [2.75, 3.05) is 13.7 Å². The second-order valence-electron chi connectivity index (χ2n) is 7.32. The lowest BCUT2D eigenvalue weighted by molar-refractivity contribution is -0.121. The highest BCUT2D eigenvalue weighted by Crippen LogP contribution is 2.38. The van der Waals surface area contributed by atoms with Gasteiger partial charge in [0.25, 0.3) is 0 Å². The number of benzene rings is 2. The molecule has 1 N–H and O–H groups in total. The maximum atomic E-state index is 12.3. The number of methoxy groups -OCH3 is 1. The Kier molecular flexibility index (Phi) is 6.21. The summed E-state index contributed by atoms with van der Waals surface area (Å²) in [6.07, 6.45) is 5.84. The Balaban J connectivity index is 1.28. The number of hydrogen-bond acceptors (Lipinski definition) is 6. The fourth-order valence-electron chi connectivity index (χ4n) is 3.58. The van der Waals surface area contributed by atoms with Gasteiger partial charge >= 0.3 is 0 Å². The van der Waals surface area contributed by atoms with E-state index in [0.717, 1.165) is 22.4 Å². The summed E-state index contributed by atoms with van der Waals surface area (Å²) in [7, 11) is 1.57. The Morgan fingerprint density at radius 2 is 1.87 bits per heavy atom. The SMILES string of the molecule is COc1ccc(C(=O)CCC(=O)NCC2Cc3cccc(-c4cncnc4)c3O2)cc1. The van der Waals surface area contributed by atoms with E-state index in [1.807, 2.05) is 18.2 Å². The first kappa shape index (κ1) is 20.5. The Bertz CT molecular complexity index is 1070. The van der Waals surface area contributed by atoms with E-state index in [2.05, 4.69) is 15.3 Å². The molecule has 0 aliphatic carbocycles. The van der Waals surface area contributed by atoms with Crippen molar-refractivity contribution in [2.45, 2.75) is 25.4 Å². The van der Waals surface area contributed by atoms with Gasteiger partial charge in [-0.05, 0) is 29.8 Å². The van der Waals surface area contributed by atoms with Gasteiger partial charge in [0.1, 0.15) is 23.9 Å². The van der Waals surface area contributed by atoms with E-state index in [1.54, 1.807) is 43.8 Å². The Hall–Kier alpha value is -3.74. The Morgan fingerprint density at radius 1 is 1.10 bits per heavy atom. The predicted octanol–water partition coefficient (Wildman–Crippen LogP) is 3.24. The van der Waals surface area contributed by atoms with Gasteiger partial charge in [0.05, 0.1) is 13.7 Å². The zero-order chi connectivity index (χ0) is 21.6. The van der Waals surface area contributed by atoms with Gasteiger partial charge in [-0.3, -0.25) is 9.59 Å². The maximum absolute atomic E-state index is 12.3. The second-order valence-corrected chi connectivity index (χ2v) is 7.32. The molecule has 1 amide bonds. The number of carbonyl (C=O) groups is 2. The molecule has 1 aliphatic rings. The van der Waals surface area contributed by atoms with Gasteiger partial charge in [0.2, 0.25) is 5.91 Å². The van der Waals surface area contributed by atoms with Gasteiger partial charge in [-0.1, -0.05) is 18.2 Å². The molecule has 0 saturated heterocycles. The summed E-state index contributed by atoms with van der Waals surface area (Å²) in [4.78, 5) is 32.7. The van der Waals surface area contributed by atoms with Crippen LogP contribution in [-0.2, 0) is 11.2 Å². The third-order valence-corrected chi connectivity index (χ3v) is 5.22. The van der Waals surface area contributed by atoms with Crippen LogP contribution in [0.1, 0.15) is 28.8 Å². The van der Waals surface area contributed by atoms with Crippen molar-refractivity contribution in [3.05, 3.63) is 72.3 Å². The molecular formula is C24H23N3O4. The van der Waals surface area contributed by atoms with Crippen molar-refractivity contribution in [3.8, 4) is 22.6 Å². The number of nitrogens with one attached hydrogen (secondary N) is 1. The van der Waals surface area contributed by atoms with Crippen molar-refractivity contribution in [2.24, 2.45) is 0 Å². The molecule has 0 saturated carbocycles. The number of hydrogen-bond donors (Lipinski definition) is 1. The molecule has 0 spiro atoms. The highest BCUT2D eigenvalue weighted by atomic mass is 16.5. The number of nitrogens with zero attached hydrogens (tertiary/aromatic N) is 2. The Morgan fingerprint density at radius 3 is 2.61 bits per heavy atom. The summed E-state index contributed by atoms with van der Waals surface area (Å²) in [5.74, 6) is 1.26. The number of Topliss-reactive ketones (excluding diaryl/α,β-unsaturated/α-hetero) is 1. The number of ketones is 1. The van der Waals surface area contributed by atoms with Crippen LogP contribution in [0.25, 0.3) is 11.1 Å². The van der Waals surface area contributed by atoms with Crippen LogP contribution in [0.2, 0.25) is 0 Å². The van der Waals surface area contributed by atoms with E-state index in [4.69, 9.17) is 9.47 Å². The lowest BCUT2D eigenvalue weighted by Crippen LogP contribution is -2.34. The molecular weight excluding hydrogens is 394 g/mol. The van der Waals surface area contributed by atoms with Gasteiger partial charge in [-0.25, -0.2) is 9.97 Å². The van der Waals surface area contributed by atoms with E-state index in [1.165, 1.54) is 6.33 Å². The number of fused-ring (bicyclic) bond motifs is 1. The first-order valence-electron chi connectivity index (χ1n) is 10.1. The predicted molar refractivity (Wildman–Crippen MR) is 115 cm³/mol. The lowest BCUT2D eigenvalue weighted by atomic mass is 10.0. The summed E-state index contributed by atoms with van der Waals surface area (Å²) in [5, 5.41) is 2.88. The summed E-state index contributed by atoms with van der Waals surface area (Å²) < 4.78 is 11.2. The zero-order valence-electron chi connectivity index (χ0n) is 17.2. The quantitative estimate of drug-likeness (QED) is 0.566. The third-order valence-electron chi connectivity index (χ3n) is 5.22. The first-order valence-corrected chi connectivity index (χ1v) is 10.1. The molecule has 0 radical (unpaired) electrons. The van der Waals surface area contributed by atoms with Crippen LogP contribution < -0.4 is 14.8 Å². The van der Waals surface area contributed by atoms with Crippen molar-refractivity contribution in [1.29, 1.82) is 0 Å². The molecule has 1 unspecified atom stereocenters. The summed E-state index contributed by atoms with van der Waals surface area (Å²) in [6, 6.07) is 12.9. The molecule has 2 heterocycles. The van der Waals surface area contributed by atoms with Crippen LogP contribution in [0.4, 0.5) is 0 Å². The molecule has 2 aromatic carbocycles. The number of aromatic nitrogens is 2. The standard InChI is InChI=1S/C24H23N3O4/c1-30-19-7-5-16(6-8-19)22(28)9-10-23(29)27-14-20-11-17-3-2-4-21(24(17)31-20)18-12-25-15-26-13-18/h2-8,12-13,15,20H,9-11,14H2,1H3,(H,27,29). The number of ether oxygens (including phenoxy) is 2. The molecule has 4 rings (SSSR count). The summed E-state index contributed by atoms with van der Waals surface area (Å²) in [6.45, 7) is 0.384. The highest BCUT2D eigenvalue weighted by Gasteiger charge is 2.26. The normalized spacial score (nSPS) is 14.4. The number of rotatable bonds is 8. The van der Waals surface area contributed by atoms with Crippen LogP contribution in [0.5, 0.6) is 11.5 Å². The van der Waals surface area contributed by atoms with E-state index >= 15 is 0 Å². The largest absolute Gasteiger partial charge is 0.497 e. The topological polar surface area (TPSA) is 90.4 Å². The van der Waals surface area contributed by atoms with E-state index < -0.39 is 0 Å². The molecule has 0 fully saturated rings. The van der Waals surface area contributed by atoms with Crippen molar-refractivity contribution in [3.63, 3.8) is 0 Å². The van der Waals surface area contributed by atoms with Gasteiger partial charge < -0.3 is 14.8 Å². The van der Waals surface area contributed by atoms with Crippen molar-refractivity contribution in [1.82, 2.24) is 15.3 Å². The molecule has 0 bridgehead atoms. The molecule has 7 heteroatoms. The summed E-state index contributed by atoms with van der Waals surface area (Å²) in [5.41, 5.74) is 3.49. The van der Waals surface area contributed by atoms with Gasteiger partial charge in [0, 0.05) is 48.3 Å². The second kappa shape index (κ2) is 9.38. The van der Waals surface area contributed by atoms with Crippen LogP contribution in [-0.4, -0.2) is 41.4 Å². The molecule has 1 atom stereocenters. The third kappa shape index (κ3) is 4.88. The number of carbonyl (C=O) groups excluding carboxylic acids is 2. The van der Waals surface area contributed by atoms with Gasteiger partial charge in [-0.15, -0.1) is 0 Å². The van der Waals surface area contributed by atoms with Crippen LogP contribution >= 0.6 is 0 Å². The average Bonchev–Trinajstić information content (AvgIpc) is 3.25. The molecule has 158 valence electrons. The van der Waals surface area contributed by atoms with Crippen molar-refractivity contribution >= 4 is 11.7 Å². The fourth-order valence-corrected chi connectivity index (χ4v) is 3.58. The molecule has 1 aromatic heterocycles. The minimum absolute atomic E-state index is 0.0722. The van der Waals surface area contributed by atoms with E-state index in [0.29, 0.717) is 24.3 Å². The molecule has 31 heavy (non-hydrogen) atoms. The molecule has 7 nitrogen and oxygen atoms in total.